The van der Waals surface area contributed by atoms with Crippen molar-refractivity contribution in [2.24, 2.45) is 11.1 Å². The summed E-state index contributed by atoms with van der Waals surface area (Å²) in [4.78, 5) is 0. The lowest BCUT2D eigenvalue weighted by molar-refractivity contribution is 0.156. The lowest BCUT2D eigenvalue weighted by atomic mass is 9.81. The highest BCUT2D eigenvalue weighted by Crippen LogP contribution is 2.36. The van der Waals surface area contributed by atoms with Crippen LogP contribution in [0.15, 0.2) is 14.1 Å². The van der Waals surface area contributed by atoms with Crippen molar-refractivity contribution in [1.29, 1.82) is 0 Å². The number of nitrogens with zero attached hydrogens (tertiary/aromatic N) is 1. The van der Waals surface area contributed by atoms with Crippen LogP contribution in [0.5, 0.6) is 0 Å². The van der Waals surface area contributed by atoms with Gasteiger partial charge in [0, 0.05) is 19.1 Å². The van der Waals surface area contributed by atoms with Crippen LogP contribution in [0.2, 0.25) is 0 Å². The maximum absolute atomic E-state index is 12.6. The second-order valence-electron chi connectivity index (χ2n) is 5.74. The van der Waals surface area contributed by atoms with Crippen molar-refractivity contribution in [3.63, 3.8) is 0 Å². The van der Waals surface area contributed by atoms with Gasteiger partial charge in [0.2, 0.25) is 0 Å². The lowest BCUT2D eigenvalue weighted by Crippen LogP contribution is -2.53. The molecule has 1 atom stereocenters. The number of thiophene rings is 1. The van der Waals surface area contributed by atoms with Crippen LogP contribution in [0.25, 0.3) is 0 Å². The number of hydrogen-bond donors (Lipinski definition) is 1. The van der Waals surface area contributed by atoms with Gasteiger partial charge in [-0.3, -0.25) is 0 Å². The first-order chi connectivity index (χ1) is 8.64. The number of sulfonamides is 1. The van der Waals surface area contributed by atoms with E-state index in [1.54, 1.807) is 10.4 Å². The van der Waals surface area contributed by atoms with Gasteiger partial charge in [-0.25, -0.2) is 8.42 Å². The first-order valence-corrected chi connectivity index (χ1v) is 9.21. The topological polar surface area (TPSA) is 63.4 Å². The first kappa shape index (κ1) is 18.4. The number of hydrogen-bond acceptors (Lipinski definition) is 4. The summed E-state index contributed by atoms with van der Waals surface area (Å²) in [6.45, 7) is 6.92. The Hall–Kier alpha value is 0.340. The van der Waals surface area contributed by atoms with Crippen LogP contribution >= 0.6 is 39.7 Å². The van der Waals surface area contributed by atoms with Gasteiger partial charge in [0.25, 0.3) is 10.0 Å². The third kappa shape index (κ3) is 3.39. The minimum Gasteiger partial charge on any atom is -0.327 e. The number of piperidine rings is 1. The van der Waals surface area contributed by atoms with Crippen molar-refractivity contribution in [1.82, 2.24) is 4.31 Å². The molecule has 1 aliphatic rings. The smallest absolute Gasteiger partial charge is 0.252 e. The Morgan fingerprint density at radius 3 is 2.55 bits per heavy atom. The Kier molecular flexibility index (Phi) is 5.72. The van der Waals surface area contributed by atoms with Crippen LogP contribution in [0.1, 0.15) is 25.8 Å². The minimum atomic E-state index is -3.39. The molecule has 0 spiro atoms. The van der Waals surface area contributed by atoms with E-state index in [2.05, 4.69) is 15.9 Å². The molecule has 0 amide bonds. The van der Waals surface area contributed by atoms with Crippen molar-refractivity contribution in [2.75, 3.05) is 13.1 Å². The Labute approximate surface area is 139 Å². The summed E-state index contributed by atoms with van der Waals surface area (Å²) in [7, 11) is -3.39. The van der Waals surface area contributed by atoms with Crippen LogP contribution in [0.3, 0.4) is 0 Å². The Balaban J connectivity index is 0.00000200. The largest absolute Gasteiger partial charge is 0.327 e. The van der Waals surface area contributed by atoms with Crippen molar-refractivity contribution >= 4 is 49.7 Å². The maximum Gasteiger partial charge on any atom is 0.252 e. The molecule has 1 saturated heterocycles. The molecule has 20 heavy (non-hydrogen) atoms. The zero-order valence-corrected chi connectivity index (χ0v) is 15.8. The molecule has 1 aromatic heterocycles. The van der Waals surface area contributed by atoms with Crippen molar-refractivity contribution in [2.45, 2.75) is 37.4 Å². The summed E-state index contributed by atoms with van der Waals surface area (Å²) in [5, 5.41) is 0. The molecule has 2 heterocycles. The van der Waals surface area contributed by atoms with Gasteiger partial charge in [0.05, 0.1) is 3.79 Å². The van der Waals surface area contributed by atoms with E-state index in [0.29, 0.717) is 23.7 Å². The van der Waals surface area contributed by atoms with Crippen molar-refractivity contribution in [3.8, 4) is 0 Å². The third-order valence-corrected chi connectivity index (χ3v) is 8.14. The molecule has 0 aliphatic carbocycles. The van der Waals surface area contributed by atoms with Crippen molar-refractivity contribution < 1.29 is 8.42 Å². The van der Waals surface area contributed by atoms with Gasteiger partial charge in [0.1, 0.15) is 4.21 Å². The van der Waals surface area contributed by atoms with Crippen LogP contribution in [0.4, 0.5) is 0 Å². The Bertz CT molecular complexity index is 567. The minimum absolute atomic E-state index is 0. The van der Waals surface area contributed by atoms with Gasteiger partial charge >= 0.3 is 0 Å². The zero-order chi connectivity index (χ0) is 14.4. The van der Waals surface area contributed by atoms with E-state index in [1.807, 2.05) is 20.8 Å². The summed E-state index contributed by atoms with van der Waals surface area (Å²) in [6.07, 6.45) is 0.706. The molecule has 0 saturated carbocycles. The molecule has 2 N–H and O–H groups in total. The predicted octanol–water partition coefficient (Wildman–Crippen LogP) is 2.99. The van der Waals surface area contributed by atoms with E-state index in [-0.39, 0.29) is 23.9 Å². The number of aryl methyl sites for hydroxylation is 1. The van der Waals surface area contributed by atoms with Crippen LogP contribution in [-0.2, 0) is 10.0 Å². The molecule has 0 bridgehead atoms. The van der Waals surface area contributed by atoms with E-state index in [9.17, 15) is 8.42 Å². The average Bonchev–Trinajstić information content (AvgIpc) is 2.63. The summed E-state index contributed by atoms with van der Waals surface area (Å²) in [5.41, 5.74) is 6.83. The monoisotopic (exact) mass is 402 g/mol. The molecule has 1 fully saturated rings. The summed E-state index contributed by atoms with van der Waals surface area (Å²) in [6, 6.07) is 1.78. The van der Waals surface area contributed by atoms with Crippen molar-refractivity contribution in [3.05, 3.63) is 15.4 Å². The molecule has 1 unspecified atom stereocenters. The fourth-order valence-electron chi connectivity index (χ4n) is 2.22. The molecule has 2 rings (SSSR count). The SMILES string of the molecule is Cc1cc(S(=O)(=O)N2CCC(N)C(C)(C)C2)sc1Br.Cl. The zero-order valence-electron chi connectivity index (χ0n) is 11.7. The molecule has 0 aromatic carbocycles. The van der Waals surface area contributed by atoms with E-state index >= 15 is 0 Å². The predicted molar refractivity (Wildman–Crippen MR) is 89.1 cm³/mol. The van der Waals surface area contributed by atoms with E-state index < -0.39 is 10.0 Å². The van der Waals surface area contributed by atoms with Gasteiger partial charge in [-0.1, -0.05) is 13.8 Å². The Morgan fingerprint density at radius 2 is 2.10 bits per heavy atom. The highest BCUT2D eigenvalue weighted by Gasteiger charge is 2.39. The molecule has 8 heteroatoms. The Morgan fingerprint density at radius 1 is 1.50 bits per heavy atom. The standard InChI is InChI=1S/C12H19BrN2O2S2.ClH/c1-8-6-10(18-11(8)13)19(16,17)15-5-4-9(14)12(2,3)7-15;/h6,9H,4-5,7,14H2,1-3H3;1H. The highest BCUT2D eigenvalue weighted by molar-refractivity contribution is 9.11. The number of rotatable bonds is 2. The van der Waals surface area contributed by atoms with E-state index in [1.165, 1.54) is 11.3 Å². The molecule has 1 aliphatic heterocycles. The molecule has 1 aromatic rings. The van der Waals surface area contributed by atoms with Gasteiger partial charge in [-0.2, -0.15) is 4.31 Å². The fraction of sp³-hybridized carbons (Fsp3) is 0.667. The van der Waals surface area contributed by atoms with E-state index in [4.69, 9.17) is 5.73 Å². The number of halogens is 2. The van der Waals surface area contributed by atoms with Crippen LogP contribution < -0.4 is 5.73 Å². The molecular weight excluding hydrogens is 384 g/mol. The molecule has 116 valence electrons. The number of nitrogens with two attached hydrogens (primary N) is 1. The fourth-order valence-corrected chi connectivity index (χ4v) is 6.22. The quantitative estimate of drug-likeness (QED) is 0.825. The maximum atomic E-state index is 12.6. The average molecular weight is 404 g/mol. The van der Waals surface area contributed by atoms with Gasteiger partial charge in [-0.05, 0) is 46.3 Å². The molecule has 4 nitrogen and oxygen atoms in total. The van der Waals surface area contributed by atoms with Crippen LogP contribution in [-0.4, -0.2) is 31.9 Å². The van der Waals surface area contributed by atoms with Gasteiger partial charge < -0.3 is 5.73 Å². The highest BCUT2D eigenvalue weighted by atomic mass is 79.9. The summed E-state index contributed by atoms with van der Waals surface area (Å²) in [5.74, 6) is 0. The van der Waals surface area contributed by atoms with Crippen LogP contribution in [0, 0.1) is 12.3 Å². The second kappa shape index (κ2) is 6.22. The normalized spacial score (nSPS) is 23.4. The second-order valence-corrected chi connectivity index (χ2v) is 10.3. The molecular formula is C12H20BrClN2O2S2. The molecule has 0 radical (unpaired) electrons. The van der Waals surface area contributed by atoms with E-state index in [0.717, 1.165) is 9.35 Å². The van der Waals surface area contributed by atoms with Gasteiger partial charge in [0.15, 0.2) is 0 Å². The first-order valence-electron chi connectivity index (χ1n) is 6.16. The lowest BCUT2D eigenvalue weighted by Gasteiger charge is -2.41. The third-order valence-electron chi connectivity index (χ3n) is 3.71. The summed E-state index contributed by atoms with van der Waals surface area (Å²) < 4.78 is 28.1. The summed E-state index contributed by atoms with van der Waals surface area (Å²) >= 11 is 4.65. The van der Waals surface area contributed by atoms with Gasteiger partial charge in [-0.15, -0.1) is 23.7 Å².